The lowest BCUT2D eigenvalue weighted by Crippen LogP contribution is -2.39. The Morgan fingerprint density at radius 2 is 1.88 bits per heavy atom. The Balaban J connectivity index is 1.31. The molecule has 4 rings (SSSR count). The molecule has 1 aromatic carbocycles. The highest BCUT2D eigenvalue weighted by molar-refractivity contribution is 6.45. The molecule has 41 heavy (non-hydrogen) atoms. The number of halogens is 2. The molecule has 2 aliphatic heterocycles. The summed E-state index contributed by atoms with van der Waals surface area (Å²) < 4.78 is 10.5. The predicted octanol–water partition coefficient (Wildman–Crippen LogP) is 2.08. The number of aliphatic carboxylic acids is 1. The van der Waals surface area contributed by atoms with Crippen LogP contribution in [0.2, 0.25) is 10.0 Å². The van der Waals surface area contributed by atoms with Gasteiger partial charge in [0, 0.05) is 62.4 Å². The molecule has 224 valence electrons. The van der Waals surface area contributed by atoms with Crippen LogP contribution >= 0.6 is 23.2 Å². The number of nitrogens with zero attached hydrogens (tertiary/aromatic N) is 3. The topological polar surface area (TPSA) is 148 Å². The summed E-state index contributed by atoms with van der Waals surface area (Å²) in [7, 11) is 1.95. The first kappa shape index (κ1) is 31.1. The van der Waals surface area contributed by atoms with Gasteiger partial charge in [0.15, 0.2) is 0 Å². The molecule has 2 amide bonds. The third kappa shape index (κ3) is 7.51. The molecular formula is C27H35Cl2N5O7. The van der Waals surface area contributed by atoms with Gasteiger partial charge in [-0.15, -0.1) is 0 Å². The van der Waals surface area contributed by atoms with Crippen LogP contribution in [0.25, 0.3) is 10.9 Å². The van der Waals surface area contributed by atoms with Gasteiger partial charge in [-0.05, 0) is 17.7 Å². The minimum Gasteiger partial charge on any atom is -0.481 e. The largest absolute Gasteiger partial charge is 0.481 e. The van der Waals surface area contributed by atoms with E-state index in [2.05, 4.69) is 15.3 Å². The van der Waals surface area contributed by atoms with Crippen molar-refractivity contribution >= 4 is 51.9 Å². The number of rotatable bonds is 14. The number of carbonyl (C=O) groups is 3. The van der Waals surface area contributed by atoms with E-state index in [-0.39, 0.29) is 50.5 Å². The number of carboxylic acids is 1. The zero-order valence-corrected chi connectivity index (χ0v) is 24.3. The molecule has 0 spiro atoms. The molecule has 2 aliphatic rings. The van der Waals surface area contributed by atoms with Crippen LogP contribution in [0.15, 0.2) is 18.3 Å². The Hall–Kier alpha value is -2.87. The van der Waals surface area contributed by atoms with E-state index in [1.54, 1.807) is 4.90 Å². The normalized spacial score (nSPS) is 16.9. The lowest BCUT2D eigenvalue weighted by atomic mass is 9.96. The minimum atomic E-state index is -0.912. The molecule has 1 atom stereocenters. The molecule has 2 aromatic rings. The molecular weight excluding hydrogens is 577 g/mol. The molecule has 0 saturated heterocycles. The number of aliphatic hydroxyl groups is 1. The molecule has 0 fully saturated rings. The highest BCUT2D eigenvalue weighted by Gasteiger charge is 2.31. The van der Waals surface area contributed by atoms with Gasteiger partial charge >= 0.3 is 5.97 Å². The monoisotopic (exact) mass is 611 g/mol. The van der Waals surface area contributed by atoms with Crippen molar-refractivity contribution in [1.82, 2.24) is 25.2 Å². The van der Waals surface area contributed by atoms with E-state index < -0.39 is 12.6 Å². The number of amides is 2. The molecule has 1 unspecified atom stereocenters. The summed E-state index contributed by atoms with van der Waals surface area (Å²) in [5.41, 5.74) is 3.66. The summed E-state index contributed by atoms with van der Waals surface area (Å²) in [5.74, 6) is -1.36. The number of hydrogen-bond acceptors (Lipinski definition) is 8. The van der Waals surface area contributed by atoms with Gasteiger partial charge in [-0.25, -0.2) is 5.01 Å². The smallest absolute Gasteiger partial charge is 0.305 e. The molecule has 0 saturated carbocycles. The number of hydrazine groups is 1. The maximum atomic E-state index is 12.2. The Morgan fingerprint density at radius 3 is 2.59 bits per heavy atom. The second-order valence-corrected chi connectivity index (χ2v) is 10.6. The fraction of sp³-hybridized carbons (Fsp3) is 0.519. The maximum Gasteiger partial charge on any atom is 0.305 e. The minimum absolute atomic E-state index is 0.0528. The Kier molecular flexibility index (Phi) is 10.9. The van der Waals surface area contributed by atoms with Crippen molar-refractivity contribution in [2.45, 2.75) is 31.8 Å². The fourth-order valence-corrected chi connectivity index (χ4v) is 5.48. The van der Waals surface area contributed by atoms with Crippen LogP contribution < -0.4 is 5.32 Å². The van der Waals surface area contributed by atoms with E-state index in [1.807, 2.05) is 30.4 Å². The molecule has 0 radical (unpaired) electrons. The van der Waals surface area contributed by atoms with E-state index in [4.69, 9.17) is 37.8 Å². The van der Waals surface area contributed by atoms with E-state index >= 15 is 0 Å². The van der Waals surface area contributed by atoms with Crippen LogP contribution in [0.1, 0.15) is 35.7 Å². The number of aliphatic hydroxyl groups excluding tert-OH is 1. The van der Waals surface area contributed by atoms with Gasteiger partial charge in [-0.3, -0.25) is 14.4 Å². The Morgan fingerprint density at radius 1 is 1.15 bits per heavy atom. The lowest BCUT2D eigenvalue weighted by Gasteiger charge is -2.31. The van der Waals surface area contributed by atoms with Crippen LogP contribution in [0.5, 0.6) is 0 Å². The highest BCUT2D eigenvalue weighted by atomic mass is 35.5. The summed E-state index contributed by atoms with van der Waals surface area (Å²) >= 11 is 13.1. The van der Waals surface area contributed by atoms with E-state index in [1.165, 1.54) is 0 Å². The summed E-state index contributed by atoms with van der Waals surface area (Å²) in [6.07, 6.45) is 4.78. The zero-order valence-electron chi connectivity index (χ0n) is 22.8. The number of aromatic nitrogens is 1. The quantitative estimate of drug-likeness (QED) is 0.236. The Labute approximate surface area is 247 Å². The Bertz CT molecular complexity index is 1300. The molecule has 0 bridgehead atoms. The van der Waals surface area contributed by atoms with Crippen molar-refractivity contribution in [2.24, 2.45) is 0 Å². The summed E-state index contributed by atoms with van der Waals surface area (Å²) in [4.78, 5) is 39.9. The highest BCUT2D eigenvalue weighted by Crippen LogP contribution is 2.43. The summed E-state index contributed by atoms with van der Waals surface area (Å²) in [5, 5.41) is 26.7. The van der Waals surface area contributed by atoms with Crippen LogP contribution in [0.4, 0.5) is 0 Å². The van der Waals surface area contributed by atoms with E-state index in [0.717, 1.165) is 27.7 Å². The lowest BCUT2D eigenvalue weighted by molar-refractivity contribution is -0.138. The van der Waals surface area contributed by atoms with Gasteiger partial charge in [0.1, 0.15) is 6.61 Å². The maximum absolute atomic E-state index is 12.2. The van der Waals surface area contributed by atoms with Gasteiger partial charge in [-0.2, -0.15) is 0 Å². The van der Waals surface area contributed by atoms with Gasteiger partial charge in [0.2, 0.25) is 11.8 Å². The number of hydrogen-bond donors (Lipinski definition) is 4. The van der Waals surface area contributed by atoms with Crippen LogP contribution in [0, 0.1) is 0 Å². The van der Waals surface area contributed by atoms with E-state index in [0.29, 0.717) is 49.3 Å². The number of benzene rings is 1. The van der Waals surface area contributed by atoms with E-state index in [9.17, 15) is 19.5 Å². The molecule has 14 heteroatoms. The fourth-order valence-electron chi connectivity index (χ4n) is 5.07. The number of ether oxygens (including phenoxy) is 2. The molecule has 4 N–H and O–H groups in total. The SMILES string of the molecule is CN1C(c2cc(Cl)c(Cl)c3[nH]c4c(c23)CN(C(=O)CO)CC4)C=CN1CCNC(=O)CCOCCOCCC(=O)O. The number of likely N-dealkylation sites (N-methyl/N-ethyl adjacent to an activating group) is 1. The summed E-state index contributed by atoms with van der Waals surface area (Å²) in [6, 6.07) is 1.71. The average molecular weight is 613 g/mol. The summed E-state index contributed by atoms with van der Waals surface area (Å²) in [6.45, 7) is 2.26. The third-order valence-electron chi connectivity index (χ3n) is 7.20. The second kappa shape index (κ2) is 14.3. The average Bonchev–Trinajstić information content (AvgIpc) is 3.52. The molecule has 12 nitrogen and oxygen atoms in total. The van der Waals surface area contributed by atoms with Gasteiger partial charge < -0.3 is 39.9 Å². The first-order valence-corrected chi connectivity index (χ1v) is 14.2. The third-order valence-corrected chi connectivity index (χ3v) is 7.98. The number of carboxylic acid groups (broad SMARTS) is 1. The number of fused-ring (bicyclic) bond motifs is 3. The second-order valence-electron chi connectivity index (χ2n) is 9.81. The first-order chi connectivity index (χ1) is 19.7. The van der Waals surface area contributed by atoms with Gasteiger partial charge in [0.25, 0.3) is 0 Å². The van der Waals surface area contributed by atoms with Crippen molar-refractivity contribution in [3.05, 3.63) is 45.2 Å². The zero-order chi connectivity index (χ0) is 29.5. The number of carbonyl (C=O) groups excluding carboxylic acids is 2. The predicted molar refractivity (Wildman–Crippen MR) is 152 cm³/mol. The number of H-pyrrole nitrogens is 1. The molecule has 0 aliphatic carbocycles. The van der Waals surface area contributed by atoms with Gasteiger partial charge in [-0.1, -0.05) is 23.2 Å². The van der Waals surface area contributed by atoms with Crippen molar-refractivity contribution in [3.63, 3.8) is 0 Å². The number of nitrogens with one attached hydrogen (secondary N) is 2. The van der Waals surface area contributed by atoms with Crippen LogP contribution in [-0.2, 0) is 36.8 Å². The van der Waals surface area contributed by atoms with Crippen LogP contribution in [0.3, 0.4) is 0 Å². The first-order valence-electron chi connectivity index (χ1n) is 13.4. The van der Waals surface area contributed by atoms with Crippen molar-refractivity contribution < 1.29 is 34.1 Å². The molecule has 1 aromatic heterocycles. The van der Waals surface area contributed by atoms with Crippen molar-refractivity contribution in [2.75, 3.05) is 59.7 Å². The number of aromatic amines is 1. The van der Waals surface area contributed by atoms with Crippen molar-refractivity contribution in [3.8, 4) is 0 Å². The standard InChI is InChI=1S/C27H35Cl2N5O7/c1-32-21(3-8-34(32)9-6-30-22(36)4-10-40-12-13-41-11-5-24(38)39)17-14-19(28)26(29)27-25(17)18-15-33(23(37)16-35)7-2-20(18)31-27/h3,8,14,21,31,35H,2,4-7,9-13,15-16H2,1H3,(H,30,36)(H,38,39). The van der Waals surface area contributed by atoms with Gasteiger partial charge in [0.05, 0.1) is 61.0 Å². The van der Waals surface area contributed by atoms with Crippen LogP contribution in [-0.4, -0.2) is 108 Å². The molecule has 3 heterocycles. The van der Waals surface area contributed by atoms with Crippen molar-refractivity contribution in [1.29, 1.82) is 0 Å².